The highest BCUT2D eigenvalue weighted by Gasteiger charge is 2.43. The van der Waals surface area contributed by atoms with E-state index in [2.05, 4.69) is 77.9 Å². The number of hydrogen-bond donors (Lipinski definition) is 0. The number of ether oxygens (including phenoxy) is 2. The van der Waals surface area contributed by atoms with Crippen molar-refractivity contribution in [3.63, 3.8) is 0 Å². The molecule has 3 aliphatic carbocycles. The van der Waals surface area contributed by atoms with E-state index in [-0.39, 0.29) is 33.8 Å². The minimum atomic E-state index is -0.536. The minimum Gasteiger partial charge on any atom is -0.465 e. The summed E-state index contributed by atoms with van der Waals surface area (Å²) >= 11 is 0. The van der Waals surface area contributed by atoms with Gasteiger partial charge in [0.1, 0.15) is 0 Å². The van der Waals surface area contributed by atoms with E-state index >= 15 is 0 Å². The Morgan fingerprint density at radius 1 is 0.556 bits per heavy atom. The monoisotopic (exact) mass is 482 g/mol. The molecule has 0 saturated heterocycles. The maximum Gasteiger partial charge on any atom is 0.338 e. The molecule has 0 N–H and O–H groups in total. The number of hydrogen-bond acceptors (Lipinski definition) is 4. The highest BCUT2D eigenvalue weighted by molar-refractivity contribution is 6.04. The van der Waals surface area contributed by atoms with Crippen molar-refractivity contribution in [2.24, 2.45) is 0 Å². The van der Waals surface area contributed by atoms with Crippen LogP contribution in [0, 0.1) is 0 Å². The molecule has 2 atom stereocenters. The van der Waals surface area contributed by atoms with Crippen molar-refractivity contribution >= 4 is 11.9 Å². The molecule has 2 bridgehead atoms. The third-order valence-corrected chi connectivity index (χ3v) is 7.81. The molecular formula is C32H34O4. The van der Waals surface area contributed by atoms with Gasteiger partial charge in [-0.3, -0.25) is 0 Å². The van der Waals surface area contributed by atoms with Gasteiger partial charge < -0.3 is 9.47 Å². The van der Waals surface area contributed by atoms with E-state index < -0.39 is 11.9 Å². The Labute approximate surface area is 213 Å². The molecule has 0 radical (unpaired) electrons. The zero-order chi connectivity index (χ0) is 26.2. The predicted octanol–water partition coefficient (Wildman–Crippen LogP) is 6.84. The molecule has 36 heavy (non-hydrogen) atoms. The number of rotatable bonds is 2. The van der Waals surface area contributed by atoms with Crippen molar-refractivity contribution in [2.45, 2.75) is 64.2 Å². The van der Waals surface area contributed by atoms with Crippen LogP contribution >= 0.6 is 0 Å². The second kappa shape index (κ2) is 8.06. The third kappa shape index (κ3) is 3.57. The lowest BCUT2D eigenvalue weighted by Crippen LogP contribution is -2.30. The number of carbonyl (C=O) groups is 2. The maximum absolute atomic E-state index is 12.7. The first-order valence-electron chi connectivity index (χ1n) is 12.5. The second-order valence-electron chi connectivity index (χ2n) is 12.1. The zero-order valence-electron chi connectivity index (χ0n) is 22.4. The Hall–Kier alpha value is -3.40. The van der Waals surface area contributed by atoms with Gasteiger partial charge in [0.25, 0.3) is 0 Å². The van der Waals surface area contributed by atoms with Gasteiger partial charge in [-0.2, -0.15) is 0 Å². The standard InChI is InChI=1S/C32H34O4/c1-31(2,3)17-9-11-19-21(13-17)27-20-12-10-18(32(4,5)6)14-22(20)28(19)24-16-26(30(34)36-8)25(15-23(24)27)29(33)35-7/h9-16,27-28H,1-8H3/t27-,28-/m0/s1. The van der Waals surface area contributed by atoms with Gasteiger partial charge in [0.2, 0.25) is 0 Å². The van der Waals surface area contributed by atoms with Crippen molar-refractivity contribution in [3.05, 3.63) is 104 Å². The molecule has 0 spiro atoms. The predicted molar refractivity (Wildman–Crippen MR) is 141 cm³/mol. The maximum atomic E-state index is 12.7. The van der Waals surface area contributed by atoms with Gasteiger partial charge in [-0.25, -0.2) is 9.59 Å². The average Bonchev–Trinajstić information content (AvgIpc) is 2.84. The third-order valence-electron chi connectivity index (χ3n) is 7.81. The number of carbonyl (C=O) groups excluding carboxylic acids is 2. The Kier molecular flexibility index (Phi) is 5.44. The molecule has 3 aromatic rings. The zero-order valence-corrected chi connectivity index (χ0v) is 22.4. The van der Waals surface area contributed by atoms with Crippen LogP contribution in [0.1, 0.15) is 119 Å². The van der Waals surface area contributed by atoms with E-state index in [1.165, 1.54) is 47.6 Å². The quantitative estimate of drug-likeness (QED) is 0.258. The summed E-state index contributed by atoms with van der Waals surface area (Å²) in [5.41, 5.74) is 10.3. The van der Waals surface area contributed by atoms with Gasteiger partial charge in [-0.05, 0) is 67.5 Å². The van der Waals surface area contributed by atoms with E-state index in [1.54, 1.807) is 0 Å². The number of benzene rings is 3. The summed E-state index contributed by atoms with van der Waals surface area (Å²) in [6.07, 6.45) is 0. The van der Waals surface area contributed by atoms with Crippen molar-refractivity contribution in [1.29, 1.82) is 0 Å². The van der Waals surface area contributed by atoms with Crippen LogP contribution in [0.2, 0.25) is 0 Å². The molecule has 186 valence electrons. The summed E-state index contributed by atoms with van der Waals surface area (Å²) < 4.78 is 10.1. The average molecular weight is 483 g/mol. The number of methoxy groups -OCH3 is 2. The molecule has 3 aromatic carbocycles. The van der Waals surface area contributed by atoms with Gasteiger partial charge in [-0.15, -0.1) is 0 Å². The lowest BCUT2D eigenvalue weighted by atomic mass is 9.59. The lowest BCUT2D eigenvalue weighted by Gasteiger charge is -2.43. The van der Waals surface area contributed by atoms with E-state index in [9.17, 15) is 9.59 Å². The number of esters is 2. The fourth-order valence-electron chi connectivity index (χ4n) is 5.80. The Balaban J connectivity index is 1.83. The summed E-state index contributed by atoms with van der Waals surface area (Å²) in [5, 5.41) is 0. The van der Waals surface area contributed by atoms with Gasteiger partial charge in [0.15, 0.2) is 0 Å². The van der Waals surface area contributed by atoms with Crippen LogP contribution in [0.25, 0.3) is 0 Å². The molecule has 0 fully saturated rings. The highest BCUT2D eigenvalue weighted by atomic mass is 16.5. The summed E-state index contributed by atoms with van der Waals surface area (Å²) in [6.45, 7) is 13.4. The Morgan fingerprint density at radius 3 is 1.19 bits per heavy atom. The highest BCUT2D eigenvalue weighted by Crippen LogP contribution is 2.57. The normalized spacial score (nSPS) is 17.7. The molecule has 0 unspecified atom stereocenters. The van der Waals surface area contributed by atoms with Crippen LogP contribution in [0.4, 0.5) is 0 Å². The van der Waals surface area contributed by atoms with Gasteiger partial charge in [0, 0.05) is 11.8 Å². The van der Waals surface area contributed by atoms with Crippen molar-refractivity contribution in [3.8, 4) is 0 Å². The summed E-state index contributed by atoms with van der Waals surface area (Å²) in [6, 6.07) is 17.4. The topological polar surface area (TPSA) is 52.6 Å². The molecule has 4 nitrogen and oxygen atoms in total. The molecule has 6 rings (SSSR count). The molecule has 4 heteroatoms. The van der Waals surface area contributed by atoms with Crippen LogP contribution in [-0.2, 0) is 20.3 Å². The first-order chi connectivity index (χ1) is 16.9. The van der Waals surface area contributed by atoms with Crippen LogP contribution < -0.4 is 0 Å². The van der Waals surface area contributed by atoms with Crippen molar-refractivity contribution < 1.29 is 19.1 Å². The van der Waals surface area contributed by atoms with E-state index in [1.807, 2.05) is 12.1 Å². The molecule has 0 heterocycles. The molecule has 0 aromatic heterocycles. The largest absolute Gasteiger partial charge is 0.465 e. The van der Waals surface area contributed by atoms with Gasteiger partial charge in [-0.1, -0.05) is 77.9 Å². The molecule has 0 saturated carbocycles. The lowest BCUT2D eigenvalue weighted by molar-refractivity contribution is 0.0555. The smallest absolute Gasteiger partial charge is 0.338 e. The fraction of sp³-hybridized carbons (Fsp3) is 0.375. The second-order valence-corrected chi connectivity index (χ2v) is 12.1. The van der Waals surface area contributed by atoms with E-state index in [4.69, 9.17) is 9.47 Å². The van der Waals surface area contributed by atoms with Gasteiger partial charge >= 0.3 is 11.9 Å². The molecule has 0 amide bonds. The summed E-state index contributed by atoms with van der Waals surface area (Å²) in [4.78, 5) is 25.5. The molecule has 3 aliphatic rings. The first kappa shape index (κ1) is 24.3. The first-order valence-corrected chi connectivity index (χ1v) is 12.5. The van der Waals surface area contributed by atoms with E-state index in [0.717, 1.165) is 11.1 Å². The van der Waals surface area contributed by atoms with Crippen LogP contribution in [0.3, 0.4) is 0 Å². The molecule has 0 aliphatic heterocycles. The fourth-order valence-corrected chi connectivity index (χ4v) is 5.80. The van der Waals surface area contributed by atoms with Crippen LogP contribution in [0.15, 0.2) is 48.5 Å². The Bertz CT molecular complexity index is 1310. The van der Waals surface area contributed by atoms with Crippen molar-refractivity contribution in [2.75, 3.05) is 14.2 Å². The summed E-state index contributed by atoms with van der Waals surface area (Å²) in [7, 11) is 2.67. The van der Waals surface area contributed by atoms with Gasteiger partial charge in [0.05, 0.1) is 25.3 Å². The molecular weight excluding hydrogens is 448 g/mol. The van der Waals surface area contributed by atoms with Crippen LogP contribution in [-0.4, -0.2) is 26.2 Å². The van der Waals surface area contributed by atoms with E-state index in [0.29, 0.717) is 0 Å². The SMILES string of the molecule is COC(=O)c1cc2c(cc1C(=O)OC)[C@H]1c3ccc(C(C)(C)C)cc3[C@@H]2c2ccc(C(C)(C)C)cc21. The Morgan fingerprint density at radius 2 is 0.889 bits per heavy atom. The summed E-state index contributed by atoms with van der Waals surface area (Å²) in [5.74, 6) is -1.12. The van der Waals surface area contributed by atoms with Crippen molar-refractivity contribution in [1.82, 2.24) is 0 Å². The minimum absolute atomic E-state index is 0.0133. The van der Waals surface area contributed by atoms with Crippen LogP contribution in [0.5, 0.6) is 0 Å².